The van der Waals surface area contributed by atoms with Crippen molar-refractivity contribution in [1.29, 1.82) is 0 Å². The zero-order valence-corrected chi connectivity index (χ0v) is 12.3. The molecular formula is C17H16O6. The zero-order valence-electron chi connectivity index (χ0n) is 12.3. The summed E-state index contributed by atoms with van der Waals surface area (Å²) >= 11 is 0. The monoisotopic (exact) mass is 316 g/mol. The molecule has 6 heteroatoms. The highest BCUT2D eigenvalue weighted by Gasteiger charge is 2.12. The summed E-state index contributed by atoms with van der Waals surface area (Å²) in [5.74, 6) is -1.13. The predicted octanol–water partition coefficient (Wildman–Crippen LogP) is 2.27. The van der Waals surface area contributed by atoms with Crippen LogP contribution in [0.1, 0.15) is 17.5 Å². The number of carbonyl (C=O) groups excluding carboxylic acids is 2. The highest BCUT2D eigenvalue weighted by molar-refractivity contribution is 5.91. The van der Waals surface area contributed by atoms with Gasteiger partial charge in [-0.3, -0.25) is 9.59 Å². The molecule has 2 aromatic rings. The van der Waals surface area contributed by atoms with E-state index in [1.807, 2.05) is 0 Å². The van der Waals surface area contributed by atoms with Gasteiger partial charge in [0.25, 0.3) is 0 Å². The molecule has 0 radical (unpaired) electrons. The van der Waals surface area contributed by atoms with E-state index >= 15 is 0 Å². The molecule has 120 valence electrons. The molecule has 0 spiro atoms. The fourth-order valence-corrected chi connectivity index (χ4v) is 1.73. The van der Waals surface area contributed by atoms with E-state index in [0.29, 0.717) is 11.1 Å². The van der Waals surface area contributed by atoms with E-state index in [2.05, 4.69) is 0 Å². The minimum absolute atomic E-state index is 0.0182. The average molecular weight is 316 g/mol. The highest BCUT2D eigenvalue weighted by Crippen LogP contribution is 2.12. The summed E-state index contributed by atoms with van der Waals surface area (Å²) in [5.41, 5.74) is 1.40. The molecule has 0 saturated heterocycles. The fourth-order valence-electron chi connectivity index (χ4n) is 1.73. The van der Waals surface area contributed by atoms with Crippen LogP contribution in [0.4, 0.5) is 0 Å². The van der Waals surface area contributed by atoms with Crippen LogP contribution >= 0.6 is 0 Å². The fraction of sp³-hybridized carbons (Fsp3) is 0.176. The van der Waals surface area contributed by atoms with E-state index in [1.165, 1.54) is 24.3 Å². The maximum absolute atomic E-state index is 11.5. The summed E-state index contributed by atoms with van der Waals surface area (Å²) in [6.45, 7) is 0.0364. The van der Waals surface area contributed by atoms with Gasteiger partial charge in [-0.2, -0.15) is 0 Å². The molecule has 0 aliphatic carbocycles. The number of aromatic hydroxyl groups is 2. The lowest BCUT2D eigenvalue weighted by molar-refractivity contribution is -0.156. The molecule has 0 saturated carbocycles. The van der Waals surface area contributed by atoms with Crippen molar-refractivity contribution in [2.75, 3.05) is 0 Å². The Labute approximate surface area is 132 Å². The molecule has 0 fully saturated rings. The lowest BCUT2D eigenvalue weighted by atomic mass is 10.2. The molecule has 0 unspecified atom stereocenters. The van der Waals surface area contributed by atoms with Crippen molar-refractivity contribution in [3.63, 3.8) is 0 Å². The summed E-state index contributed by atoms with van der Waals surface area (Å²) < 4.78 is 9.90. The third kappa shape index (κ3) is 5.70. The molecule has 2 rings (SSSR count). The first-order valence-electron chi connectivity index (χ1n) is 6.90. The van der Waals surface area contributed by atoms with Gasteiger partial charge in [-0.1, -0.05) is 24.3 Å². The van der Waals surface area contributed by atoms with E-state index in [4.69, 9.17) is 19.7 Å². The summed E-state index contributed by atoms with van der Waals surface area (Å²) in [4.78, 5) is 23.1. The minimum Gasteiger partial charge on any atom is -0.508 e. The van der Waals surface area contributed by atoms with Crippen molar-refractivity contribution in [2.45, 2.75) is 19.6 Å². The molecule has 0 amide bonds. The molecule has 2 aromatic carbocycles. The van der Waals surface area contributed by atoms with E-state index in [9.17, 15) is 9.59 Å². The summed E-state index contributed by atoms with van der Waals surface area (Å²) in [6.07, 6.45) is -0.476. The van der Waals surface area contributed by atoms with Crippen molar-refractivity contribution in [2.24, 2.45) is 0 Å². The topological polar surface area (TPSA) is 93.1 Å². The number of ether oxygens (including phenoxy) is 2. The van der Waals surface area contributed by atoms with Crippen LogP contribution in [0.3, 0.4) is 0 Å². The smallest absolute Gasteiger partial charge is 0.317 e. The Morgan fingerprint density at radius 1 is 0.696 bits per heavy atom. The zero-order chi connectivity index (χ0) is 16.7. The molecule has 0 aliphatic heterocycles. The molecule has 0 atom stereocenters. The Bertz CT molecular complexity index is 601. The molecular weight excluding hydrogens is 300 g/mol. The quantitative estimate of drug-likeness (QED) is 0.627. The van der Waals surface area contributed by atoms with Crippen molar-refractivity contribution in [1.82, 2.24) is 0 Å². The lowest BCUT2D eigenvalue weighted by Gasteiger charge is -2.06. The van der Waals surface area contributed by atoms with Crippen LogP contribution in [0.2, 0.25) is 0 Å². The van der Waals surface area contributed by atoms with Gasteiger partial charge in [0.1, 0.15) is 31.1 Å². The summed E-state index contributed by atoms with van der Waals surface area (Å²) in [7, 11) is 0. The number of hydrogen-bond donors (Lipinski definition) is 2. The summed E-state index contributed by atoms with van der Waals surface area (Å²) in [5, 5.41) is 18.3. The van der Waals surface area contributed by atoms with E-state index in [0.717, 1.165) is 0 Å². The van der Waals surface area contributed by atoms with Crippen LogP contribution in [-0.4, -0.2) is 22.2 Å². The van der Waals surface area contributed by atoms with Gasteiger partial charge in [0.05, 0.1) is 0 Å². The Balaban J connectivity index is 1.70. The van der Waals surface area contributed by atoms with Crippen molar-refractivity contribution in [3.8, 4) is 11.5 Å². The number of phenolic OH excluding ortho intramolecular Hbond substituents is 2. The van der Waals surface area contributed by atoms with Gasteiger partial charge >= 0.3 is 11.9 Å². The third-order valence-electron chi connectivity index (χ3n) is 2.96. The van der Waals surface area contributed by atoms with Crippen LogP contribution in [0, 0.1) is 0 Å². The van der Waals surface area contributed by atoms with Gasteiger partial charge in [0.2, 0.25) is 0 Å². The molecule has 0 aromatic heterocycles. The SMILES string of the molecule is O=C(CC(=O)OCc1ccc(O)cc1)OCc1ccc(O)cc1. The van der Waals surface area contributed by atoms with Gasteiger partial charge < -0.3 is 19.7 Å². The van der Waals surface area contributed by atoms with Crippen molar-refractivity contribution in [3.05, 3.63) is 59.7 Å². The second-order valence-electron chi connectivity index (χ2n) is 4.83. The van der Waals surface area contributed by atoms with Crippen molar-refractivity contribution < 1.29 is 29.3 Å². The average Bonchev–Trinajstić information content (AvgIpc) is 2.54. The standard InChI is InChI=1S/C17H16O6/c18-14-5-1-12(2-6-14)10-22-16(20)9-17(21)23-11-13-3-7-15(19)8-4-13/h1-8,18-19H,9-11H2. The Morgan fingerprint density at radius 2 is 1.04 bits per heavy atom. The number of carbonyl (C=O) groups is 2. The van der Waals surface area contributed by atoms with Gasteiger partial charge in [0, 0.05) is 0 Å². The second-order valence-corrected chi connectivity index (χ2v) is 4.83. The first-order chi connectivity index (χ1) is 11.0. The van der Waals surface area contributed by atoms with Crippen molar-refractivity contribution >= 4 is 11.9 Å². The number of rotatable bonds is 6. The van der Waals surface area contributed by atoms with Crippen LogP contribution in [-0.2, 0) is 32.3 Å². The van der Waals surface area contributed by atoms with E-state index < -0.39 is 18.4 Å². The van der Waals surface area contributed by atoms with Gasteiger partial charge in [-0.05, 0) is 35.4 Å². The van der Waals surface area contributed by atoms with E-state index in [1.54, 1.807) is 24.3 Å². The molecule has 0 aliphatic rings. The Morgan fingerprint density at radius 3 is 1.39 bits per heavy atom. The Hall–Kier alpha value is -3.02. The first-order valence-corrected chi connectivity index (χ1v) is 6.90. The van der Waals surface area contributed by atoms with Gasteiger partial charge in [-0.15, -0.1) is 0 Å². The van der Waals surface area contributed by atoms with Crippen LogP contribution < -0.4 is 0 Å². The number of phenols is 2. The largest absolute Gasteiger partial charge is 0.508 e. The first kappa shape index (κ1) is 16.4. The second kappa shape index (κ2) is 7.84. The van der Waals surface area contributed by atoms with Crippen LogP contribution in [0.25, 0.3) is 0 Å². The van der Waals surface area contributed by atoms with Crippen LogP contribution in [0.5, 0.6) is 11.5 Å². The van der Waals surface area contributed by atoms with Gasteiger partial charge in [0.15, 0.2) is 0 Å². The molecule has 23 heavy (non-hydrogen) atoms. The number of esters is 2. The maximum atomic E-state index is 11.5. The summed E-state index contributed by atoms with van der Waals surface area (Å²) in [6, 6.07) is 12.4. The third-order valence-corrected chi connectivity index (χ3v) is 2.96. The van der Waals surface area contributed by atoms with E-state index in [-0.39, 0.29) is 24.7 Å². The number of benzene rings is 2. The lowest BCUT2D eigenvalue weighted by Crippen LogP contribution is -2.13. The highest BCUT2D eigenvalue weighted by atomic mass is 16.6. The molecule has 0 bridgehead atoms. The Kier molecular flexibility index (Phi) is 5.57. The molecule has 2 N–H and O–H groups in total. The normalized spacial score (nSPS) is 10.1. The molecule has 0 heterocycles. The number of hydrogen-bond acceptors (Lipinski definition) is 6. The van der Waals surface area contributed by atoms with Crippen LogP contribution in [0.15, 0.2) is 48.5 Å². The van der Waals surface area contributed by atoms with Gasteiger partial charge in [-0.25, -0.2) is 0 Å². The minimum atomic E-state index is -0.686. The maximum Gasteiger partial charge on any atom is 0.317 e. The predicted molar refractivity (Wildman–Crippen MR) is 80.4 cm³/mol. The molecule has 6 nitrogen and oxygen atoms in total.